The Hall–Kier alpha value is -3.60. The van der Waals surface area contributed by atoms with E-state index in [1.165, 1.54) is 5.56 Å². The van der Waals surface area contributed by atoms with Gasteiger partial charge >= 0.3 is 0 Å². The normalized spacial score (nSPS) is 10.3. The number of carbonyl (C=O) groups excluding carboxylic acids is 2. The predicted octanol–water partition coefficient (Wildman–Crippen LogP) is 4.63. The maximum Gasteiger partial charge on any atom is 0.258 e. The molecule has 0 saturated carbocycles. The van der Waals surface area contributed by atoms with Crippen LogP contribution >= 0.6 is 0 Å². The maximum absolute atomic E-state index is 12.8. The first-order valence-electron chi connectivity index (χ1n) is 9.48. The zero-order valence-electron chi connectivity index (χ0n) is 16.9. The van der Waals surface area contributed by atoms with Crippen LogP contribution in [0.4, 0.5) is 17.1 Å². The van der Waals surface area contributed by atoms with Gasteiger partial charge in [-0.25, -0.2) is 0 Å². The van der Waals surface area contributed by atoms with Gasteiger partial charge in [0.05, 0.1) is 6.54 Å². The van der Waals surface area contributed by atoms with Crippen molar-refractivity contribution in [3.05, 3.63) is 89.5 Å². The zero-order chi connectivity index (χ0) is 20.8. The highest BCUT2D eigenvalue weighted by Crippen LogP contribution is 2.18. The van der Waals surface area contributed by atoms with Crippen LogP contribution in [-0.2, 0) is 4.79 Å². The van der Waals surface area contributed by atoms with E-state index in [2.05, 4.69) is 16.7 Å². The number of hydrogen-bond acceptors (Lipinski definition) is 3. The lowest BCUT2D eigenvalue weighted by Gasteiger charge is -2.18. The average molecular weight is 387 g/mol. The Morgan fingerprint density at radius 2 is 1.66 bits per heavy atom. The topological polar surface area (TPSA) is 61.4 Å². The summed E-state index contributed by atoms with van der Waals surface area (Å²) in [6.45, 7) is 4.19. The van der Waals surface area contributed by atoms with Crippen molar-refractivity contribution in [2.24, 2.45) is 0 Å². The van der Waals surface area contributed by atoms with Crippen molar-refractivity contribution in [1.29, 1.82) is 0 Å². The van der Waals surface area contributed by atoms with E-state index < -0.39 is 0 Å². The number of amides is 2. The highest BCUT2D eigenvalue weighted by Gasteiger charge is 2.14. The molecule has 0 spiro atoms. The molecular formula is C24H25N3O2. The van der Waals surface area contributed by atoms with E-state index in [9.17, 15) is 9.59 Å². The van der Waals surface area contributed by atoms with E-state index in [-0.39, 0.29) is 18.4 Å². The fraction of sp³-hybridized carbons (Fsp3) is 0.167. The SMILES string of the molecule is Cc1ccc(NCC(=O)Nc2cccc(C(=O)N(C)c3ccccc3)c2)c(C)c1. The van der Waals surface area contributed by atoms with Gasteiger partial charge in [-0.15, -0.1) is 0 Å². The molecule has 0 heterocycles. The van der Waals surface area contributed by atoms with Gasteiger partial charge in [-0.2, -0.15) is 0 Å². The zero-order valence-corrected chi connectivity index (χ0v) is 16.9. The number of para-hydroxylation sites is 1. The van der Waals surface area contributed by atoms with E-state index in [1.54, 1.807) is 36.2 Å². The molecule has 0 fully saturated rings. The van der Waals surface area contributed by atoms with Crippen LogP contribution in [0.1, 0.15) is 21.5 Å². The van der Waals surface area contributed by atoms with E-state index >= 15 is 0 Å². The molecule has 3 rings (SSSR count). The fourth-order valence-electron chi connectivity index (χ4n) is 3.09. The van der Waals surface area contributed by atoms with Crippen LogP contribution in [-0.4, -0.2) is 25.4 Å². The minimum absolute atomic E-state index is 0.138. The summed E-state index contributed by atoms with van der Waals surface area (Å²) in [6.07, 6.45) is 0. The van der Waals surface area contributed by atoms with Crippen LogP contribution in [0.25, 0.3) is 0 Å². The van der Waals surface area contributed by atoms with Gasteiger partial charge in [0, 0.05) is 29.7 Å². The fourth-order valence-corrected chi connectivity index (χ4v) is 3.09. The molecule has 0 unspecified atom stereocenters. The summed E-state index contributed by atoms with van der Waals surface area (Å²) in [5.41, 5.74) is 5.11. The highest BCUT2D eigenvalue weighted by molar-refractivity contribution is 6.06. The summed E-state index contributed by atoms with van der Waals surface area (Å²) in [4.78, 5) is 26.7. The lowest BCUT2D eigenvalue weighted by atomic mass is 10.1. The molecule has 0 radical (unpaired) electrons. The molecule has 0 aliphatic rings. The summed E-state index contributed by atoms with van der Waals surface area (Å²) in [5.74, 6) is -0.313. The molecule has 0 aromatic heterocycles. The number of aryl methyl sites for hydroxylation is 2. The number of nitrogens with zero attached hydrogens (tertiary/aromatic N) is 1. The van der Waals surface area contributed by atoms with Crippen LogP contribution in [0.15, 0.2) is 72.8 Å². The number of carbonyl (C=O) groups is 2. The Bertz CT molecular complexity index is 1020. The summed E-state index contributed by atoms with van der Waals surface area (Å²) in [5, 5.41) is 5.99. The first-order chi connectivity index (χ1) is 13.9. The van der Waals surface area contributed by atoms with Crippen molar-refractivity contribution in [2.75, 3.05) is 29.1 Å². The van der Waals surface area contributed by atoms with E-state index in [0.717, 1.165) is 16.9 Å². The second-order valence-electron chi connectivity index (χ2n) is 7.00. The van der Waals surface area contributed by atoms with Crippen molar-refractivity contribution in [3.8, 4) is 0 Å². The van der Waals surface area contributed by atoms with Crippen molar-refractivity contribution < 1.29 is 9.59 Å². The van der Waals surface area contributed by atoms with Gasteiger partial charge in [-0.3, -0.25) is 9.59 Å². The Labute approximate surface area is 171 Å². The van der Waals surface area contributed by atoms with Gasteiger partial charge in [0.2, 0.25) is 5.91 Å². The molecule has 148 valence electrons. The lowest BCUT2D eigenvalue weighted by molar-refractivity contribution is -0.114. The molecule has 0 saturated heterocycles. The van der Waals surface area contributed by atoms with Crippen LogP contribution in [0.5, 0.6) is 0 Å². The maximum atomic E-state index is 12.8. The third kappa shape index (κ3) is 5.23. The Balaban J connectivity index is 1.63. The Kier molecular flexibility index (Phi) is 6.29. The largest absolute Gasteiger partial charge is 0.376 e. The predicted molar refractivity (Wildman–Crippen MR) is 119 cm³/mol. The molecule has 2 N–H and O–H groups in total. The first-order valence-corrected chi connectivity index (χ1v) is 9.48. The van der Waals surface area contributed by atoms with Crippen LogP contribution in [0.2, 0.25) is 0 Å². The molecule has 3 aromatic rings. The standard InChI is InChI=1S/C24H25N3O2/c1-17-12-13-22(18(2)14-17)25-16-23(28)26-20-9-7-8-19(15-20)24(29)27(3)21-10-5-4-6-11-21/h4-15,25H,16H2,1-3H3,(H,26,28). The summed E-state index contributed by atoms with van der Waals surface area (Å²) in [6, 6.07) is 22.4. The quantitative estimate of drug-likeness (QED) is 0.648. The van der Waals surface area contributed by atoms with Crippen LogP contribution in [0, 0.1) is 13.8 Å². The van der Waals surface area contributed by atoms with E-state index in [1.807, 2.05) is 56.3 Å². The van der Waals surface area contributed by atoms with E-state index in [0.29, 0.717) is 11.3 Å². The van der Waals surface area contributed by atoms with Gasteiger partial charge in [0.25, 0.3) is 5.91 Å². The molecule has 0 atom stereocenters. The second-order valence-corrected chi connectivity index (χ2v) is 7.00. The molecule has 0 aliphatic heterocycles. The van der Waals surface area contributed by atoms with Gasteiger partial charge in [0.15, 0.2) is 0 Å². The second kappa shape index (κ2) is 9.06. The minimum atomic E-state index is -0.175. The van der Waals surface area contributed by atoms with Crippen molar-refractivity contribution in [1.82, 2.24) is 0 Å². The smallest absolute Gasteiger partial charge is 0.258 e. The lowest BCUT2D eigenvalue weighted by Crippen LogP contribution is -2.26. The summed E-state index contributed by atoms with van der Waals surface area (Å²) >= 11 is 0. The highest BCUT2D eigenvalue weighted by atomic mass is 16.2. The van der Waals surface area contributed by atoms with Gasteiger partial charge in [-0.1, -0.05) is 42.0 Å². The molecule has 0 bridgehead atoms. The minimum Gasteiger partial charge on any atom is -0.376 e. The third-order valence-electron chi connectivity index (χ3n) is 4.66. The average Bonchev–Trinajstić information content (AvgIpc) is 2.73. The first kappa shape index (κ1) is 20.1. The third-order valence-corrected chi connectivity index (χ3v) is 4.66. The van der Waals surface area contributed by atoms with Gasteiger partial charge < -0.3 is 15.5 Å². The number of anilines is 3. The van der Waals surface area contributed by atoms with Crippen LogP contribution in [0.3, 0.4) is 0 Å². The van der Waals surface area contributed by atoms with Crippen molar-refractivity contribution in [3.63, 3.8) is 0 Å². The Morgan fingerprint density at radius 3 is 2.38 bits per heavy atom. The molecule has 29 heavy (non-hydrogen) atoms. The van der Waals surface area contributed by atoms with Gasteiger partial charge in [-0.05, 0) is 55.8 Å². The van der Waals surface area contributed by atoms with Crippen molar-refractivity contribution in [2.45, 2.75) is 13.8 Å². The number of nitrogens with one attached hydrogen (secondary N) is 2. The monoisotopic (exact) mass is 387 g/mol. The van der Waals surface area contributed by atoms with Crippen LogP contribution < -0.4 is 15.5 Å². The van der Waals surface area contributed by atoms with Gasteiger partial charge in [0.1, 0.15) is 0 Å². The van der Waals surface area contributed by atoms with E-state index in [4.69, 9.17) is 0 Å². The number of benzene rings is 3. The number of rotatable bonds is 6. The summed E-state index contributed by atoms with van der Waals surface area (Å²) < 4.78 is 0. The molecule has 5 heteroatoms. The molecule has 2 amide bonds. The molecule has 0 aliphatic carbocycles. The summed E-state index contributed by atoms with van der Waals surface area (Å²) in [7, 11) is 1.73. The molecule has 3 aromatic carbocycles. The Morgan fingerprint density at radius 1 is 0.897 bits per heavy atom. The van der Waals surface area contributed by atoms with Crippen molar-refractivity contribution >= 4 is 28.9 Å². The molecule has 5 nitrogen and oxygen atoms in total. The number of hydrogen-bond donors (Lipinski definition) is 2. The molecular weight excluding hydrogens is 362 g/mol.